The van der Waals surface area contributed by atoms with Gasteiger partial charge in [0.05, 0.1) is 7.11 Å². The molecular weight excluding hydrogens is 377 g/mol. The molecule has 2 unspecified atom stereocenters. The molecule has 9 nitrogen and oxygen atoms in total. The molecule has 0 radical (unpaired) electrons. The Kier molecular flexibility index (Phi) is 6.76. The van der Waals surface area contributed by atoms with Crippen molar-refractivity contribution in [1.29, 1.82) is 0 Å². The Hall–Kier alpha value is -3.01. The molecule has 0 bridgehead atoms. The van der Waals surface area contributed by atoms with E-state index in [1.165, 1.54) is 26.2 Å². The van der Waals surface area contributed by atoms with E-state index in [2.05, 4.69) is 43.1 Å². The number of nitrogens with one attached hydrogen (secondary N) is 4. The van der Waals surface area contributed by atoms with Crippen molar-refractivity contribution >= 4 is 29.4 Å². The molecule has 29 heavy (non-hydrogen) atoms. The molecule has 1 fully saturated rings. The zero-order valence-corrected chi connectivity index (χ0v) is 16.8. The van der Waals surface area contributed by atoms with Gasteiger partial charge in [0.25, 0.3) is 0 Å². The Morgan fingerprint density at radius 2 is 2.07 bits per heavy atom. The van der Waals surface area contributed by atoms with E-state index in [-0.39, 0.29) is 29.6 Å². The minimum absolute atomic E-state index is 0.112. The van der Waals surface area contributed by atoms with Crippen LogP contribution in [0.15, 0.2) is 18.2 Å². The summed E-state index contributed by atoms with van der Waals surface area (Å²) in [4.78, 5) is 24.4. The molecule has 4 N–H and O–H groups in total. The van der Waals surface area contributed by atoms with E-state index in [1.807, 2.05) is 0 Å². The first-order valence-electron chi connectivity index (χ1n) is 9.62. The third-order valence-corrected chi connectivity index (χ3v) is 4.67. The summed E-state index contributed by atoms with van der Waals surface area (Å²) in [5.74, 6) is -0.0349. The van der Waals surface area contributed by atoms with Crippen LogP contribution in [0.4, 0.5) is 27.9 Å². The fourth-order valence-corrected chi connectivity index (χ4v) is 3.29. The zero-order chi connectivity index (χ0) is 20.8. The second-order valence-electron chi connectivity index (χ2n) is 6.82. The van der Waals surface area contributed by atoms with E-state index < -0.39 is 5.82 Å². The number of halogens is 1. The smallest absolute Gasteiger partial charge is 0.236 e. The van der Waals surface area contributed by atoms with Crippen LogP contribution in [0.2, 0.25) is 0 Å². The maximum atomic E-state index is 14.0. The van der Waals surface area contributed by atoms with Crippen LogP contribution in [-0.4, -0.2) is 46.6 Å². The van der Waals surface area contributed by atoms with Gasteiger partial charge in [-0.05, 0) is 37.9 Å². The van der Waals surface area contributed by atoms with Crippen LogP contribution in [0.1, 0.15) is 33.1 Å². The Morgan fingerprint density at radius 1 is 1.31 bits per heavy atom. The van der Waals surface area contributed by atoms with E-state index in [9.17, 15) is 9.18 Å². The van der Waals surface area contributed by atoms with Gasteiger partial charge in [-0.15, -0.1) is 0 Å². The number of aromatic nitrogens is 3. The number of anilines is 4. The SMILES string of the molecule is CCC(Nc1nc(NC(C)=O)nc(Nc2ccc(OC)c(F)c2)n1)C1CCCN1. The quantitative estimate of drug-likeness (QED) is 0.532. The second kappa shape index (κ2) is 9.46. The van der Waals surface area contributed by atoms with Gasteiger partial charge in [-0.25, -0.2) is 4.39 Å². The topological polar surface area (TPSA) is 113 Å². The first-order valence-corrected chi connectivity index (χ1v) is 9.62. The fourth-order valence-electron chi connectivity index (χ4n) is 3.29. The number of hydrogen-bond acceptors (Lipinski definition) is 8. The highest BCUT2D eigenvalue weighted by Crippen LogP contribution is 2.23. The molecule has 0 aliphatic carbocycles. The average Bonchev–Trinajstić information content (AvgIpc) is 3.20. The average molecular weight is 403 g/mol. The number of nitrogens with zero attached hydrogens (tertiary/aromatic N) is 3. The lowest BCUT2D eigenvalue weighted by Gasteiger charge is -2.24. The summed E-state index contributed by atoms with van der Waals surface area (Å²) in [6.45, 7) is 4.46. The summed E-state index contributed by atoms with van der Waals surface area (Å²) >= 11 is 0. The van der Waals surface area contributed by atoms with Crippen molar-refractivity contribution in [3.8, 4) is 5.75 Å². The summed E-state index contributed by atoms with van der Waals surface area (Å²) in [7, 11) is 1.40. The van der Waals surface area contributed by atoms with Crippen LogP contribution in [0.25, 0.3) is 0 Å². The molecule has 2 atom stereocenters. The summed E-state index contributed by atoms with van der Waals surface area (Å²) < 4.78 is 18.9. The van der Waals surface area contributed by atoms with Crippen LogP contribution in [0.3, 0.4) is 0 Å². The lowest BCUT2D eigenvalue weighted by Crippen LogP contribution is -2.40. The van der Waals surface area contributed by atoms with E-state index in [1.54, 1.807) is 6.07 Å². The van der Waals surface area contributed by atoms with Gasteiger partial charge < -0.3 is 20.7 Å². The highest BCUT2D eigenvalue weighted by molar-refractivity contribution is 5.86. The van der Waals surface area contributed by atoms with Gasteiger partial charge in [0.2, 0.25) is 23.8 Å². The predicted octanol–water partition coefficient (Wildman–Crippen LogP) is 2.66. The Morgan fingerprint density at radius 3 is 2.69 bits per heavy atom. The first-order chi connectivity index (χ1) is 14.0. The van der Waals surface area contributed by atoms with Crippen molar-refractivity contribution in [2.24, 2.45) is 0 Å². The number of rotatable bonds is 8. The third kappa shape index (κ3) is 5.50. The molecule has 2 heterocycles. The molecule has 1 amide bonds. The molecule has 1 aromatic carbocycles. The van der Waals surface area contributed by atoms with E-state index in [0.717, 1.165) is 25.8 Å². The first kappa shape index (κ1) is 20.7. The predicted molar refractivity (Wildman–Crippen MR) is 109 cm³/mol. The van der Waals surface area contributed by atoms with Gasteiger partial charge in [-0.2, -0.15) is 15.0 Å². The molecule has 10 heteroatoms. The van der Waals surface area contributed by atoms with Crippen molar-refractivity contribution < 1.29 is 13.9 Å². The van der Waals surface area contributed by atoms with Crippen molar-refractivity contribution in [2.45, 2.75) is 45.2 Å². The Labute approximate surface area is 168 Å². The monoisotopic (exact) mass is 403 g/mol. The number of carbonyl (C=O) groups excluding carboxylic acids is 1. The highest BCUT2D eigenvalue weighted by Gasteiger charge is 2.24. The number of carbonyl (C=O) groups is 1. The van der Waals surface area contributed by atoms with E-state index >= 15 is 0 Å². The van der Waals surface area contributed by atoms with Gasteiger partial charge in [-0.1, -0.05) is 6.92 Å². The minimum Gasteiger partial charge on any atom is -0.494 e. The molecular formula is C19H26FN7O2. The van der Waals surface area contributed by atoms with Crippen molar-refractivity contribution in [1.82, 2.24) is 20.3 Å². The number of hydrogen-bond donors (Lipinski definition) is 4. The molecule has 0 saturated carbocycles. The van der Waals surface area contributed by atoms with Crippen LogP contribution in [0, 0.1) is 5.82 Å². The van der Waals surface area contributed by atoms with Gasteiger partial charge in [-0.3, -0.25) is 10.1 Å². The summed E-state index contributed by atoms with van der Waals surface area (Å²) in [6, 6.07) is 4.90. The summed E-state index contributed by atoms with van der Waals surface area (Å²) in [6.07, 6.45) is 3.09. The van der Waals surface area contributed by atoms with Crippen LogP contribution in [-0.2, 0) is 4.79 Å². The van der Waals surface area contributed by atoms with Crippen LogP contribution >= 0.6 is 0 Å². The van der Waals surface area contributed by atoms with E-state index in [4.69, 9.17) is 4.74 Å². The molecule has 1 aliphatic rings. The van der Waals surface area contributed by atoms with Gasteiger partial charge in [0.15, 0.2) is 11.6 Å². The Balaban J connectivity index is 1.84. The maximum absolute atomic E-state index is 14.0. The third-order valence-electron chi connectivity index (χ3n) is 4.67. The molecule has 3 rings (SSSR count). The van der Waals surface area contributed by atoms with Crippen molar-refractivity contribution in [3.05, 3.63) is 24.0 Å². The standard InChI is InChI=1S/C19H26FN7O2/c1-4-14(15-6-5-9-21-15)24-19-26-17(22-11(2)28)25-18(27-19)23-12-7-8-16(29-3)13(20)10-12/h7-8,10,14-15,21H,4-6,9H2,1-3H3,(H3,22,23,24,25,26,27,28). The highest BCUT2D eigenvalue weighted by atomic mass is 19.1. The fraction of sp³-hybridized carbons (Fsp3) is 0.474. The zero-order valence-electron chi connectivity index (χ0n) is 16.8. The number of ether oxygens (including phenoxy) is 1. The van der Waals surface area contributed by atoms with Crippen LogP contribution in [0.5, 0.6) is 5.75 Å². The lowest BCUT2D eigenvalue weighted by molar-refractivity contribution is -0.114. The summed E-state index contributed by atoms with van der Waals surface area (Å²) in [5.41, 5.74) is 0.443. The maximum Gasteiger partial charge on any atom is 0.236 e. The van der Waals surface area contributed by atoms with Crippen molar-refractivity contribution in [2.75, 3.05) is 29.6 Å². The number of amides is 1. The molecule has 0 spiro atoms. The molecule has 2 aromatic rings. The van der Waals surface area contributed by atoms with Gasteiger partial charge >= 0.3 is 0 Å². The minimum atomic E-state index is -0.509. The molecule has 156 valence electrons. The second-order valence-corrected chi connectivity index (χ2v) is 6.82. The van der Waals surface area contributed by atoms with E-state index in [0.29, 0.717) is 17.7 Å². The summed E-state index contributed by atoms with van der Waals surface area (Å²) in [5, 5.41) is 12.3. The number of benzene rings is 1. The lowest BCUT2D eigenvalue weighted by atomic mass is 10.0. The van der Waals surface area contributed by atoms with Gasteiger partial charge in [0, 0.05) is 30.8 Å². The van der Waals surface area contributed by atoms with Crippen molar-refractivity contribution in [3.63, 3.8) is 0 Å². The largest absolute Gasteiger partial charge is 0.494 e. The Bertz CT molecular complexity index is 858. The molecule has 1 aliphatic heterocycles. The van der Waals surface area contributed by atoms with Gasteiger partial charge in [0.1, 0.15) is 0 Å². The molecule has 1 saturated heterocycles. The number of methoxy groups -OCH3 is 1. The molecule has 1 aromatic heterocycles. The normalized spacial score (nSPS) is 16.9. The van der Waals surface area contributed by atoms with Crippen LogP contribution < -0.4 is 26.0 Å².